The first-order chi connectivity index (χ1) is 11.5. The Kier molecular flexibility index (Phi) is 6.16. The Morgan fingerprint density at radius 3 is 2.21 bits per heavy atom. The van der Waals surface area contributed by atoms with Crippen LogP contribution in [0.5, 0.6) is 0 Å². The molecule has 0 saturated heterocycles. The Bertz CT molecular complexity index is 790. The maximum absolute atomic E-state index is 13.0. The van der Waals surface area contributed by atoms with Crippen molar-refractivity contribution >= 4 is 9.84 Å². The summed E-state index contributed by atoms with van der Waals surface area (Å²) in [6, 6.07) is 16.3. The van der Waals surface area contributed by atoms with E-state index in [0.29, 0.717) is 6.42 Å². The lowest BCUT2D eigenvalue weighted by atomic mass is 9.93. The molecule has 0 aliphatic carbocycles. The molecule has 2 atom stereocenters. The monoisotopic (exact) mass is 341 g/mol. The summed E-state index contributed by atoms with van der Waals surface area (Å²) in [4.78, 5) is 3.78. The van der Waals surface area contributed by atoms with E-state index < -0.39 is 15.2 Å². The number of sulfone groups is 1. The summed E-state index contributed by atoms with van der Waals surface area (Å²) in [5.74, 6) is -0.310. The van der Waals surface area contributed by atoms with E-state index in [1.807, 2.05) is 37.3 Å². The summed E-state index contributed by atoms with van der Waals surface area (Å²) < 4.78 is 26.1. The van der Waals surface area contributed by atoms with Gasteiger partial charge >= 0.3 is 5.37 Å². The predicted octanol–water partition coefficient (Wildman–Crippen LogP) is 4.99. The van der Waals surface area contributed by atoms with Crippen LogP contribution in [0, 0.1) is 13.5 Å². The second-order valence-corrected chi connectivity index (χ2v) is 8.08. The van der Waals surface area contributed by atoms with Crippen molar-refractivity contribution in [2.45, 2.75) is 49.3 Å². The maximum Gasteiger partial charge on any atom is 0.331 e. The van der Waals surface area contributed by atoms with Gasteiger partial charge in [0.1, 0.15) is 0 Å². The van der Waals surface area contributed by atoms with E-state index >= 15 is 0 Å². The van der Waals surface area contributed by atoms with E-state index in [4.69, 9.17) is 6.57 Å². The van der Waals surface area contributed by atoms with Crippen LogP contribution in [0.15, 0.2) is 59.5 Å². The number of rotatable bonds is 7. The number of hydrogen-bond acceptors (Lipinski definition) is 2. The molecule has 0 spiro atoms. The van der Waals surface area contributed by atoms with Gasteiger partial charge in [-0.2, -0.15) is 0 Å². The molecule has 2 aromatic rings. The van der Waals surface area contributed by atoms with Gasteiger partial charge in [0.15, 0.2) is 0 Å². The SMILES string of the molecule is [C-]#[N+]C(C(CCCC)c1ccccc1)S(=O)(=O)c1ccc(C)cc1. The van der Waals surface area contributed by atoms with E-state index in [2.05, 4.69) is 11.8 Å². The van der Waals surface area contributed by atoms with Crippen molar-refractivity contribution in [3.05, 3.63) is 77.1 Å². The highest BCUT2D eigenvalue weighted by molar-refractivity contribution is 7.92. The molecule has 4 heteroatoms. The van der Waals surface area contributed by atoms with Crippen LogP contribution in [0.2, 0.25) is 0 Å². The second kappa shape index (κ2) is 8.12. The largest absolute Gasteiger partial charge is 0.331 e. The summed E-state index contributed by atoms with van der Waals surface area (Å²) in [5, 5.41) is -1.09. The molecule has 0 heterocycles. The molecule has 0 saturated carbocycles. The molecule has 126 valence electrons. The first-order valence-corrected chi connectivity index (χ1v) is 9.77. The molecule has 0 bridgehead atoms. The third-order valence-corrected chi connectivity index (χ3v) is 6.23. The molecule has 0 radical (unpaired) electrons. The zero-order valence-electron chi connectivity index (χ0n) is 14.1. The summed E-state index contributed by atoms with van der Waals surface area (Å²) in [6.07, 6.45) is 2.56. The lowest BCUT2D eigenvalue weighted by Crippen LogP contribution is -2.26. The second-order valence-electron chi connectivity index (χ2n) is 6.04. The van der Waals surface area contributed by atoms with E-state index in [0.717, 1.165) is 24.0 Å². The number of benzene rings is 2. The van der Waals surface area contributed by atoms with Crippen LogP contribution in [0.4, 0.5) is 0 Å². The average Bonchev–Trinajstić information content (AvgIpc) is 2.59. The first kappa shape index (κ1) is 18.2. The minimum Gasteiger partial charge on any atom is -0.295 e. The van der Waals surface area contributed by atoms with Crippen molar-refractivity contribution in [3.8, 4) is 0 Å². The fraction of sp³-hybridized carbons (Fsp3) is 0.350. The van der Waals surface area contributed by atoms with Crippen molar-refractivity contribution in [1.29, 1.82) is 0 Å². The zero-order chi connectivity index (χ0) is 17.6. The van der Waals surface area contributed by atoms with Crippen molar-refractivity contribution in [2.75, 3.05) is 0 Å². The van der Waals surface area contributed by atoms with Gasteiger partial charge in [-0.15, -0.1) is 0 Å². The van der Waals surface area contributed by atoms with Gasteiger partial charge in [0.05, 0.1) is 10.8 Å². The molecule has 0 N–H and O–H groups in total. The molecule has 3 nitrogen and oxygen atoms in total. The van der Waals surface area contributed by atoms with Gasteiger partial charge in [-0.1, -0.05) is 67.8 Å². The molecule has 0 aliphatic heterocycles. The molecule has 2 unspecified atom stereocenters. The van der Waals surface area contributed by atoms with Gasteiger partial charge in [-0.3, -0.25) is 4.85 Å². The van der Waals surface area contributed by atoms with E-state index in [-0.39, 0.29) is 10.8 Å². The molecule has 24 heavy (non-hydrogen) atoms. The van der Waals surface area contributed by atoms with Crippen LogP contribution >= 0.6 is 0 Å². The maximum atomic E-state index is 13.0. The Morgan fingerprint density at radius 2 is 1.67 bits per heavy atom. The lowest BCUT2D eigenvalue weighted by Gasteiger charge is -2.19. The highest BCUT2D eigenvalue weighted by Gasteiger charge is 2.40. The highest BCUT2D eigenvalue weighted by Crippen LogP contribution is 2.34. The fourth-order valence-electron chi connectivity index (χ4n) is 2.84. The van der Waals surface area contributed by atoms with Crippen LogP contribution in [-0.2, 0) is 9.84 Å². The van der Waals surface area contributed by atoms with Crippen LogP contribution in [0.25, 0.3) is 4.85 Å². The topological polar surface area (TPSA) is 38.5 Å². The third kappa shape index (κ3) is 4.04. The number of unbranched alkanes of at least 4 members (excludes halogenated alkanes) is 1. The Morgan fingerprint density at radius 1 is 1.04 bits per heavy atom. The van der Waals surface area contributed by atoms with Crippen LogP contribution < -0.4 is 0 Å². The smallest absolute Gasteiger partial charge is 0.295 e. The molecular weight excluding hydrogens is 318 g/mol. The minimum atomic E-state index is -3.70. The Hall–Kier alpha value is -2.12. The van der Waals surface area contributed by atoms with Crippen molar-refractivity contribution < 1.29 is 8.42 Å². The summed E-state index contributed by atoms with van der Waals surface area (Å²) in [6.45, 7) is 11.6. The molecule has 0 aromatic heterocycles. The van der Waals surface area contributed by atoms with Gasteiger partial charge < -0.3 is 0 Å². The molecule has 0 fully saturated rings. The molecule has 0 amide bonds. The molecular formula is C20H23NO2S. The van der Waals surface area contributed by atoms with E-state index in [9.17, 15) is 8.42 Å². The van der Waals surface area contributed by atoms with Crippen LogP contribution in [0.1, 0.15) is 43.2 Å². The third-order valence-electron chi connectivity index (χ3n) is 4.24. The van der Waals surface area contributed by atoms with Crippen molar-refractivity contribution in [3.63, 3.8) is 0 Å². The number of aryl methyl sites for hydroxylation is 1. The molecule has 0 aliphatic rings. The quantitative estimate of drug-likeness (QED) is 0.666. The van der Waals surface area contributed by atoms with Crippen molar-refractivity contribution in [2.24, 2.45) is 0 Å². The predicted molar refractivity (Wildman–Crippen MR) is 97.5 cm³/mol. The van der Waals surface area contributed by atoms with E-state index in [1.165, 1.54) is 0 Å². The zero-order valence-corrected chi connectivity index (χ0v) is 15.0. The van der Waals surface area contributed by atoms with Gasteiger partial charge in [0, 0.05) is 0 Å². The Labute approximate surface area is 145 Å². The first-order valence-electron chi connectivity index (χ1n) is 8.22. The van der Waals surface area contributed by atoms with E-state index in [1.54, 1.807) is 24.3 Å². The van der Waals surface area contributed by atoms with Gasteiger partial charge in [-0.25, -0.2) is 15.0 Å². The van der Waals surface area contributed by atoms with Crippen LogP contribution in [-0.4, -0.2) is 13.8 Å². The summed E-state index contributed by atoms with van der Waals surface area (Å²) in [7, 11) is -3.70. The standard InChI is InChI=1S/C20H23NO2S/c1-4-5-11-19(17-9-7-6-8-10-17)20(21-3)24(22,23)18-14-12-16(2)13-15-18/h6-10,12-15,19-20H,4-5,11H2,1-2H3. The summed E-state index contributed by atoms with van der Waals surface area (Å²) >= 11 is 0. The highest BCUT2D eigenvalue weighted by atomic mass is 32.2. The normalized spacial score (nSPS) is 13.9. The average molecular weight is 341 g/mol. The fourth-order valence-corrected chi connectivity index (χ4v) is 4.50. The Balaban J connectivity index is 2.45. The summed E-state index contributed by atoms with van der Waals surface area (Å²) in [5.41, 5.74) is 1.92. The van der Waals surface area contributed by atoms with Gasteiger partial charge in [0.25, 0.3) is 9.84 Å². The van der Waals surface area contributed by atoms with Gasteiger partial charge in [-0.05, 0) is 31.0 Å². The number of hydrogen-bond donors (Lipinski definition) is 0. The molecule has 2 rings (SSSR count). The number of nitrogens with zero attached hydrogens (tertiary/aromatic N) is 1. The molecule has 2 aromatic carbocycles. The van der Waals surface area contributed by atoms with Crippen molar-refractivity contribution in [1.82, 2.24) is 0 Å². The minimum absolute atomic E-state index is 0.228. The van der Waals surface area contributed by atoms with Crippen LogP contribution in [0.3, 0.4) is 0 Å². The van der Waals surface area contributed by atoms with Gasteiger partial charge in [0.2, 0.25) is 0 Å². The lowest BCUT2D eigenvalue weighted by molar-refractivity contribution is 0.545.